The smallest absolute Gasteiger partial charge is 0.295 e. The summed E-state index contributed by atoms with van der Waals surface area (Å²) in [5.41, 5.74) is 5.31. The monoisotopic (exact) mass is 253 g/mol. The first-order valence-electron chi connectivity index (χ1n) is 5.20. The number of nitrogens with two attached hydrogens (primary N) is 1. The van der Waals surface area contributed by atoms with Crippen LogP contribution in [0.25, 0.3) is 5.82 Å². The SMILES string of the molecule is CCCn1ccnc(-n2cc(Cl)c(N)n2)c1=O. The summed E-state index contributed by atoms with van der Waals surface area (Å²) >= 11 is 5.79. The number of aromatic nitrogens is 4. The largest absolute Gasteiger partial charge is 0.381 e. The van der Waals surface area contributed by atoms with Crippen LogP contribution in [-0.2, 0) is 6.54 Å². The van der Waals surface area contributed by atoms with Crippen molar-refractivity contribution >= 4 is 17.4 Å². The van der Waals surface area contributed by atoms with Crippen LogP contribution in [-0.4, -0.2) is 19.3 Å². The van der Waals surface area contributed by atoms with Crippen molar-refractivity contribution in [1.82, 2.24) is 19.3 Å². The van der Waals surface area contributed by atoms with E-state index in [2.05, 4.69) is 10.1 Å². The van der Waals surface area contributed by atoms with E-state index in [0.717, 1.165) is 6.42 Å². The summed E-state index contributed by atoms with van der Waals surface area (Å²) in [6.45, 7) is 2.63. The summed E-state index contributed by atoms with van der Waals surface area (Å²) in [6.07, 6.45) is 5.53. The quantitative estimate of drug-likeness (QED) is 0.888. The molecule has 0 unspecified atom stereocenters. The zero-order chi connectivity index (χ0) is 12.4. The summed E-state index contributed by atoms with van der Waals surface area (Å²) in [5, 5.41) is 4.23. The van der Waals surface area contributed by atoms with E-state index in [9.17, 15) is 4.79 Å². The molecule has 2 rings (SSSR count). The van der Waals surface area contributed by atoms with Crippen LogP contribution in [0.5, 0.6) is 0 Å². The van der Waals surface area contributed by atoms with E-state index in [-0.39, 0.29) is 17.2 Å². The number of anilines is 1. The fourth-order valence-corrected chi connectivity index (χ4v) is 1.61. The molecule has 2 aromatic rings. The van der Waals surface area contributed by atoms with Gasteiger partial charge in [-0.3, -0.25) is 4.79 Å². The van der Waals surface area contributed by atoms with Crippen LogP contribution < -0.4 is 11.3 Å². The van der Waals surface area contributed by atoms with Gasteiger partial charge in [0, 0.05) is 18.9 Å². The zero-order valence-electron chi connectivity index (χ0n) is 9.30. The van der Waals surface area contributed by atoms with Crippen LogP contribution in [0.4, 0.5) is 5.82 Å². The highest BCUT2D eigenvalue weighted by atomic mass is 35.5. The van der Waals surface area contributed by atoms with Crippen LogP contribution in [0.1, 0.15) is 13.3 Å². The van der Waals surface area contributed by atoms with Crippen LogP contribution in [0, 0.1) is 0 Å². The van der Waals surface area contributed by atoms with Gasteiger partial charge in [0.25, 0.3) is 5.56 Å². The van der Waals surface area contributed by atoms with Crippen LogP contribution in [0.3, 0.4) is 0 Å². The second-order valence-corrected chi connectivity index (χ2v) is 3.96. The van der Waals surface area contributed by atoms with Gasteiger partial charge in [-0.1, -0.05) is 18.5 Å². The third kappa shape index (κ3) is 2.16. The van der Waals surface area contributed by atoms with Crippen molar-refractivity contribution in [3.63, 3.8) is 0 Å². The molecular weight excluding hydrogens is 242 g/mol. The van der Waals surface area contributed by atoms with Crippen molar-refractivity contribution in [1.29, 1.82) is 0 Å². The summed E-state index contributed by atoms with van der Waals surface area (Å²) in [4.78, 5) is 16.0. The van der Waals surface area contributed by atoms with Gasteiger partial charge < -0.3 is 10.3 Å². The molecule has 0 amide bonds. The third-order valence-corrected chi connectivity index (χ3v) is 2.56. The van der Waals surface area contributed by atoms with Crippen LogP contribution in [0.15, 0.2) is 23.4 Å². The maximum Gasteiger partial charge on any atom is 0.295 e. The van der Waals surface area contributed by atoms with Gasteiger partial charge >= 0.3 is 0 Å². The van der Waals surface area contributed by atoms with Gasteiger partial charge in [-0.2, -0.15) is 0 Å². The fourth-order valence-electron chi connectivity index (χ4n) is 1.48. The first-order valence-corrected chi connectivity index (χ1v) is 5.57. The summed E-state index contributed by atoms with van der Waals surface area (Å²) in [7, 11) is 0. The van der Waals surface area contributed by atoms with E-state index in [4.69, 9.17) is 17.3 Å². The van der Waals surface area contributed by atoms with E-state index in [0.29, 0.717) is 11.6 Å². The summed E-state index contributed by atoms with van der Waals surface area (Å²) in [6, 6.07) is 0. The van der Waals surface area contributed by atoms with Gasteiger partial charge in [0.05, 0.1) is 6.20 Å². The molecule has 17 heavy (non-hydrogen) atoms. The summed E-state index contributed by atoms with van der Waals surface area (Å²) < 4.78 is 2.88. The lowest BCUT2D eigenvalue weighted by Gasteiger charge is -2.05. The van der Waals surface area contributed by atoms with Gasteiger partial charge in [-0.25, -0.2) is 9.67 Å². The molecule has 7 heteroatoms. The van der Waals surface area contributed by atoms with Crippen molar-refractivity contribution < 1.29 is 0 Å². The van der Waals surface area contributed by atoms with Crippen molar-refractivity contribution in [2.45, 2.75) is 19.9 Å². The Morgan fingerprint density at radius 3 is 2.88 bits per heavy atom. The minimum atomic E-state index is -0.214. The van der Waals surface area contributed by atoms with Gasteiger partial charge in [-0.15, -0.1) is 5.10 Å². The Hall–Kier alpha value is -1.82. The highest BCUT2D eigenvalue weighted by Crippen LogP contribution is 2.16. The second kappa shape index (κ2) is 4.58. The molecule has 0 aliphatic rings. The number of hydrogen-bond acceptors (Lipinski definition) is 4. The Morgan fingerprint density at radius 2 is 2.29 bits per heavy atom. The highest BCUT2D eigenvalue weighted by molar-refractivity contribution is 6.32. The molecule has 6 nitrogen and oxygen atoms in total. The normalized spacial score (nSPS) is 10.7. The number of nitrogen functional groups attached to an aromatic ring is 1. The fraction of sp³-hybridized carbons (Fsp3) is 0.300. The second-order valence-electron chi connectivity index (χ2n) is 3.56. The minimum Gasteiger partial charge on any atom is -0.381 e. The molecule has 0 fully saturated rings. The van der Waals surface area contributed by atoms with E-state index >= 15 is 0 Å². The Kier molecular flexibility index (Phi) is 3.14. The minimum absolute atomic E-state index is 0.179. The van der Waals surface area contributed by atoms with E-state index < -0.39 is 0 Å². The lowest BCUT2D eigenvalue weighted by Crippen LogP contribution is -2.25. The van der Waals surface area contributed by atoms with Crippen molar-refractivity contribution in [3.05, 3.63) is 34.0 Å². The predicted molar refractivity (Wildman–Crippen MR) is 65.3 cm³/mol. The molecule has 0 aliphatic carbocycles. The van der Waals surface area contributed by atoms with Crippen LogP contribution in [0.2, 0.25) is 5.02 Å². The van der Waals surface area contributed by atoms with E-state index in [1.165, 1.54) is 10.9 Å². The Bertz CT molecular complexity index is 569. The van der Waals surface area contributed by atoms with Crippen molar-refractivity contribution in [2.75, 3.05) is 5.73 Å². The maximum atomic E-state index is 12.0. The zero-order valence-corrected chi connectivity index (χ0v) is 10.1. The van der Waals surface area contributed by atoms with E-state index in [1.54, 1.807) is 17.0 Å². The molecule has 2 aromatic heterocycles. The number of halogens is 1. The lowest BCUT2D eigenvalue weighted by atomic mass is 10.4. The van der Waals surface area contributed by atoms with E-state index in [1.807, 2.05) is 6.92 Å². The van der Waals surface area contributed by atoms with Crippen molar-refractivity contribution in [3.8, 4) is 5.82 Å². The standard InChI is InChI=1S/C10H12ClN5O/c1-2-4-15-5-3-13-9(10(15)17)16-6-7(11)8(12)14-16/h3,5-6H,2,4H2,1H3,(H2,12,14). The molecule has 0 aliphatic heterocycles. The van der Waals surface area contributed by atoms with Crippen LogP contribution >= 0.6 is 11.6 Å². The number of hydrogen-bond donors (Lipinski definition) is 1. The molecule has 0 bridgehead atoms. The lowest BCUT2D eigenvalue weighted by molar-refractivity contribution is 0.637. The molecule has 2 N–H and O–H groups in total. The molecule has 0 atom stereocenters. The molecule has 90 valence electrons. The molecule has 0 saturated carbocycles. The molecular formula is C10H12ClN5O. The maximum absolute atomic E-state index is 12.0. The first kappa shape index (κ1) is 11.7. The summed E-state index contributed by atoms with van der Waals surface area (Å²) in [5.74, 6) is 0.373. The van der Waals surface area contributed by atoms with Gasteiger partial charge in [0.2, 0.25) is 5.82 Å². The van der Waals surface area contributed by atoms with Crippen molar-refractivity contribution in [2.24, 2.45) is 0 Å². The Labute approximate surface area is 103 Å². The molecule has 2 heterocycles. The van der Waals surface area contributed by atoms with Gasteiger partial charge in [-0.05, 0) is 6.42 Å². The van der Waals surface area contributed by atoms with Gasteiger partial charge in [0.15, 0.2) is 5.82 Å². The average Bonchev–Trinajstić information content (AvgIpc) is 2.62. The Balaban J connectivity index is 2.52. The first-order chi connectivity index (χ1) is 8.13. The number of aryl methyl sites for hydroxylation is 1. The number of nitrogens with zero attached hydrogens (tertiary/aromatic N) is 4. The average molecular weight is 254 g/mol. The molecule has 0 radical (unpaired) electrons. The topological polar surface area (TPSA) is 78.7 Å². The third-order valence-electron chi connectivity index (χ3n) is 2.27. The molecule has 0 aromatic carbocycles. The number of rotatable bonds is 3. The molecule has 0 spiro atoms. The Morgan fingerprint density at radius 1 is 1.53 bits per heavy atom. The van der Waals surface area contributed by atoms with Gasteiger partial charge in [0.1, 0.15) is 5.02 Å². The highest BCUT2D eigenvalue weighted by Gasteiger charge is 2.10. The molecule has 0 saturated heterocycles. The predicted octanol–water partition coefficient (Wildman–Crippen LogP) is 1.07.